The van der Waals surface area contributed by atoms with Crippen LogP contribution in [0, 0.1) is 6.92 Å². The molecule has 1 aromatic carbocycles. The van der Waals surface area contributed by atoms with E-state index < -0.39 is 0 Å². The molecule has 2 aromatic rings. The summed E-state index contributed by atoms with van der Waals surface area (Å²) >= 11 is 0. The molecule has 0 aliphatic carbocycles. The van der Waals surface area contributed by atoms with Gasteiger partial charge in [-0.05, 0) is 25.3 Å². The van der Waals surface area contributed by atoms with Crippen LogP contribution < -0.4 is 5.73 Å². The van der Waals surface area contributed by atoms with Crippen molar-refractivity contribution in [1.29, 1.82) is 0 Å². The fourth-order valence-corrected chi connectivity index (χ4v) is 1.47. The molecule has 0 saturated carbocycles. The Morgan fingerprint density at radius 3 is 2.53 bits per heavy atom. The van der Waals surface area contributed by atoms with Crippen LogP contribution in [0.4, 0.5) is 5.88 Å². The minimum atomic E-state index is 0.383. The fourth-order valence-electron chi connectivity index (χ4n) is 1.47. The molecule has 0 fully saturated rings. The van der Waals surface area contributed by atoms with Crippen LogP contribution in [-0.2, 0) is 12.8 Å². The van der Waals surface area contributed by atoms with Crippen molar-refractivity contribution >= 4 is 5.88 Å². The highest BCUT2D eigenvalue weighted by Gasteiger charge is 2.01. The number of anilines is 1. The van der Waals surface area contributed by atoms with Crippen molar-refractivity contribution in [3.63, 3.8) is 0 Å². The van der Waals surface area contributed by atoms with E-state index in [-0.39, 0.29) is 0 Å². The van der Waals surface area contributed by atoms with Gasteiger partial charge in [-0.2, -0.15) is 0 Å². The summed E-state index contributed by atoms with van der Waals surface area (Å²) in [5, 5.41) is 3.85. The van der Waals surface area contributed by atoms with E-state index in [2.05, 4.69) is 36.3 Å². The molecule has 0 saturated heterocycles. The van der Waals surface area contributed by atoms with Crippen LogP contribution in [0.15, 0.2) is 34.9 Å². The molecule has 78 valence electrons. The number of aromatic nitrogens is 1. The molecule has 0 aliphatic heterocycles. The van der Waals surface area contributed by atoms with Crippen molar-refractivity contribution < 1.29 is 4.52 Å². The maximum Gasteiger partial charge on any atom is 0.222 e. The topological polar surface area (TPSA) is 52.0 Å². The van der Waals surface area contributed by atoms with Crippen LogP contribution >= 0.6 is 0 Å². The summed E-state index contributed by atoms with van der Waals surface area (Å²) in [5.74, 6) is 0.383. The van der Waals surface area contributed by atoms with Gasteiger partial charge in [-0.15, -0.1) is 0 Å². The Kier molecular flexibility index (Phi) is 2.72. The van der Waals surface area contributed by atoms with Gasteiger partial charge >= 0.3 is 0 Å². The zero-order chi connectivity index (χ0) is 10.7. The van der Waals surface area contributed by atoms with Crippen LogP contribution in [0.2, 0.25) is 0 Å². The van der Waals surface area contributed by atoms with Crippen molar-refractivity contribution in [1.82, 2.24) is 5.16 Å². The second kappa shape index (κ2) is 4.17. The predicted molar refractivity (Wildman–Crippen MR) is 59.5 cm³/mol. The highest BCUT2D eigenvalue weighted by atomic mass is 16.5. The first-order valence-corrected chi connectivity index (χ1v) is 5.00. The molecule has 0 spiro atoms. The van der Waals surface area contributed by atoms with E-state index in [9.17, 15) is 0 Å². The van der Waals surface area contributed by atoms with E-state index >= 15 is 0 Å². The molecular formula is C12H14N2O. The Bertz CT molecular complexity index is 431. The molecule has 1 aromatic heterocycles. The lowest BCUT2D eigenvalue weighted by Crippen LogP contribution is -1.91. The van der Waals surface area contributed by atoms with E-state index in [4.69, 9.17) is 10.3 Å². The largest absolute Gasteiger partial charge is 0.368 e. The van der Waals surface area contributed by atoms with Crippen molar-refractivity contribution in [2.45, 2.75) is 19.8 Å². The van der Waals surface area contributed by atoms with Crippen LogP contribution in [0.3, 0.4) is 0 Å². The Morgan fingerprint density at radius 1 is 1.20 bits per heavy atom. The van der Waals surface area contributed by atoms with Gasteiger partial charge in [0.05, 0.1) is 5.69 Å². The first-order valence-electron chi connectivity index (χ1n) is 5.00. The molecule has 15 heavy (non-hydrogen) atoms. The second-order valence-corrected chi connectivity index (χ2v) is 3.71. The lowest BCUT2D eigenvalue weighted by Gasteiger charge is -1.99. The van der Waals surface area contributed by atoms with Gasteiger partial charge in [0.1, 0.15) is 0 Å². The van der Waals surface area contributed by atoms with Crippen LogP contribution in [0.5, 0.6) is 0 Å². The SMILES string of the molecule is Cc1ccc(CCc2cc(N)on2)cc1. The first kappa shape index (κ1) is 9.77. The molecular weight excluding hydrogens is 188 g/mol. The van der Waals surface area contributed by atoms with Crippen LogP contribution in [-0.4, -0.2) is 5.16 Å². The molecule has 2 N–H and O–H groups in total. The Hall–Kier alpha value is -1.77. The van der Waals surface area contributed by atoms with E-state index in [1.807, 2.05) is 0 Å². The summed E-state index contributed by atoms with van der Waals surface area (Å²) in [7, 11) is 0. The van der Waals surface area contributed by atoms with Crippen LogP contribution in [0.25, 0.3) is 0 Å². The summed E-state index contributed by atoms with van der Waals surface area (Å²) in [6, 6.07) is 10.3. The summed E-state index contributed by atoms with van der Waals surface area (Å²) in [4.78, 5) is 0. The summed E-state index contributed by atoms with van der Waals surface area (Å²) in [6.07, 6.45) is 1.83. The highest BCUT2D eigenvalue weighted by molar-refractivity contribution is 5.26. The highest BCUT2D eigenvalue weighted by Crippen LogP contribution is 2.10. The maximum absolute atomic E-state index is 5.44. The van der Waals surface area contributed by atoms with E-state index in [1.165, 1.54) is 11.1 Å². The number of aryl methyl sites for hydroxylation is 3. The van der Waals surface area contributed by atoms with Crippen molar-refractivity contribution in [3.8, 4) is 0 Å². The lowest BCUT2D eigenvalue weighted by atomic mass is 10.1. The number of hydrogen-bond acceptors (Lipinski definition) is 3. The third-order valence-corrected chi connectivity index (χ3v) is 2.37. The summed E-state index contributed by atoms with van der Waals surface area (Å²) in [5.41, 5.74) is 8.94. The average molecular weight is 202 g/mol. The summed E-state index contributed by atoms with van der Waals surface area (Å²) < 4.78 is 4.80. The Balaban J connectivity index is 1.96. The maximum atomic E-state index is 5.44. The number of hydrogen-bond donors (Lipinski definition) is 1. The Morgan fingerprint density at radius 2 is 1.93 bits per heavy atom. The molecule has 0 unspecified atom stereocenters. The average Bonchev–Trinajstić information content (AvgIpc) is 2.64. The monoisotopic (exact) mass is 202 g/mol. The quantitative estimate of drug-likeness (QED) is 0.831. The van der Waals surface area contributed by atoms with E-state index in [0.717, 1.165) is 18.5 Å². The number of nitrogens with zero attached hydrogens (tertiary/aromatic N) is 1. The standard InChI is InChI=1S/C12H14N2O/c1-9-2-4-10(5-3-9)6-7-11-8-12(13)15-14-11/h2-5,8H,6-7,13H2,1H3. The van der Waals surface area contributed by atoms with Gasteiger partial charge in [0.15, 0.2) is 0 Å². The number of rotatable bonds is 3. The van der Waals surface area contributed by atoms with Gasteiger partial charge < -0.3 is 10.3 Å². The third-order valence-electron chi connectivity index (χ3n) is 2.37. The predicted octanol–water partition coefficient (Wildman–Crippen LogP) is 2.35. The van der Waals surface area contributed by atoms with Gasteiger partial charge in [0, 0.05) is 6.07 Å². The number of nitrogen functional groups attached to an aromatic ring is 1. The minimum absolute atomic E-state index is 0.383. The van der Waals surface area contributed by atoms with Gasteiger partial charge in [0.2, 0.25) is 5.88 Å². The van der Waals surface area contributed by atoms with Gasteiger partial charge in [-0.25, -0.2) is 0 Å². The van der Waals surface area contributed by atoms with E-state index in [0.29, 0.717) is 5.88 Å². The van der Waals surface area contributed by atoms with Crippen LogP contribution in [0.1, 0.15) is 16.8 Å². The normalized spacial score (nSPS) is 10.5. The Labute approximate surface area is 88.9 Å². The number of nitrogens with two attached hydrogens (primary N) is 1. The third kappa shape index (κ3) is 2.59. The number of benzene rings is 1. The molecule has 3 heteroatoms. The molecule has 2 rings (SSSR count). The van der Waals surface area contributed by atoms with Gasteiger partial charge in [0.25, 0.3) is 0 Å². The minimum Gasteiger partial charge on any atom is -0.368 e. The van der Waals surface area contributed by atoms with Gasteiger partial charge in [-0.3, -0.25) is 0 Å². The zero-order valence-corrected chi connectivity index (χ0v) is 8.73. The molecule has 0 atom stereocenters. The van der Waals surface area contributed by atoms with Crippen molar-refractivity contribution in [2.24, 2.45) is 0 Å². The fraction of sp³-hybridized carbons (Fsp3) is 0.250. The molecule has 3 nitrogen and oxygen atoms in total. The lowest BCUT2D eigenvalue weighted by molar-refractivity contribution is 0.427. The second-order valence-electron chi connectivity index (χ2n) is 3.71. The van der Waals surface area contributed by atoms with Crippen molar-refractivity contribution in [2.75, 3.05) is 5.73 Å². The molecule has 0 amide bonds. The smallest absolute Gasteiger partial charge is 0.222 e. The summed E-state index contributed by atoms with van der Waals surface area (Å²) in [6.45, 7) is 2.09. The molecule has 1 heterocycles. The van der Waals surface area contributed by atoms with E-state index in [1.54, 1.807) is 6.07 Å². The molecule has 0 radical (unpaired) electrons. The van der Waals surface area contributed by atoms with Gasteiger partial charge in [-0.1, -0.05) is 35.0 Å². The zero-order valence-electron chi connectivity index (χ0n) is 8.73. The first-order chi connectivity index (χ1) is 7.24. The van der Waals surface area contributed by atoms with Crippen molar-refractivity contribution in [3.05, 3.63) is 47.2 Å². The molecule has 0 aliphatic rings. The molecule has 0 bridgehead atoms.